The topological polar surface area (TPSA) is 168 Å². The first-order valence-corrected chi connectivity index (χ1v) is 14.0. The molecule has 0 bridgehead atoms. The van der Waals surface area contributed by atoms with Crippen molar-refractivity contribution < 1.29 is 19.1 Å². The Morgan fingerprint density at radius 1 is 1.10 bits per heavy atom. The van der Waals surface area contributed by atoms with Gasteiger partial charge in [0.1, 0.15) is 18.1 Å². The summed E-state index contributed by atoms with van der Waals surface area (Å²) in [5, 5.41) is 27.5. The Hall–Kier alpha value is -5.26. The van der Waals surface area contributed by atoms with Crippen LogP contribution in [0, 0.1) is 0 Å². The van der Waals surface area contributed by atoms with E-state index >= 15 is 0 Å². The lowest BCUT2D eigenvalue weighted by atomic mass is 9.95. The van der Waals surface area contributed by atoms with Crippen molar-refractivity contribution in [1.29, 1.82) is 0 Å². The van der Waals surface area contributed by atoms with Crippen molar-refractivity contribution in [3.8, 4) is 22.8 Å². The highest BCUT2D eigenvalue weighted by Gasteiger charge is 2.26. The fourth-order valence-electron chi connectivity index (χ4n) is 5.98. The van der Waals surface area contributed by atoms with Crippen molar-refractivity contribution in [2.24, 2.45) is 0 Å². The minimum Gasteiger partial charge on any atom is -0.480 e. The van der Waals surface area contributed by atoms with E-state index in [-0.39, 0.29) is 6.42 Å². The second kappa shape index (κ2) is 10.6. The predicted molar refractivity (Wildman–Crippen MR) is 154 cm³/mol. The SMILES string of the molecule is O=C(N[C@@H](Cc1c[nH]c2ccc(-c3nnn[nH]3)cc12)C(=O)O)c1ccc2c(c1)nc(-c1ccoc1)n2C1CCCCC1. The van der Waals surface area contributed by atoms with Gasteiger partial charge in [-0.25, -0.2) is 14.9 Å². The molecule has 1 saturated carbocycles. The minimum absolute atomic E-state index is 0.0857. The number of amides is 1. The van der Waals surface area contributed by atoms with E-state index in [2.05, 4.69) is 35.5 Å². The molecule has 1 aliphatic carbocycles. The number of hydrogen-bond donors (Lipinski definition) is 4. The summed E-state index contributed by atoms with van der Waals surface area (Å²) >= 11 is 0. The van der Waals surface area contributed by atoms with Crippen LogP contribution < -0.4 is 5.32 Å². The van der Waals surface area contributed by atoms with Gasteiger partial charge in [-0.1, -0.05) is 19.3 Å². The van der Waals surface area contributed by atoms with Crippen molar-refractivity contribution in [1.82, 2.24) is 40.5 Å². The number of H-pyrrole nitrogens is 2. The second-order valence-electron chi connectivity index (χ2n) is 10.7. The van der Waals surface area contributed by atoms with Gasteiger partial charge in [-0.05, 0) is 71.3 Å². The molecule has 0 spiro atoms. The van der Waals surface area contributed by atoms with E-state index in [1.54, 1.807) is 30.9 Å². The Labute approximate surface area is 239 Å². The van der Waals surface area contributed by atoms with E-state index in [1.165, 1.54) is 19.3 Å². The van der Waals surface area contributed by atoms with Gasteiger partial charge in [0, 0.05) is 40.7 Å². The number of furan rings is 1. The van der Waals surface area contributed by atoms with Crippen LogP contribution in [0.1, 0.15) is 54.1 Å². The van der Waals surface area contributed by atoms with E-state index in [0.29, 0.717) is 22.9 Å². The summed E-state index contributed by atoms with van der Waals surface area (Å²) in [6, 6.07) is 12.1. The molecular formula is C30H28N8O4. The van der Waals surface area contributed by atoms with Crippen LogP contribution >= 0.6 is 0 Å². The molecular weight excluding hydrogens is 536 g/mol. The van der Waals surface area contributed by atoms with Crippen LogP contribution in [0.3, 0.4) is 0 Å². The van der Waals surface area contributed by atoms with Crippen LogP contribution in [0.4, 0.5) is 0 Å². The van der Waals surface area contributed by atoms with E-state index < -0.39 is 17.9 Å². The molecule has 0 radical (unpaired) electrons. The van der Waals surface area contributed by atoms with Gasteiger partial charge in [0.05, 0.1) is 22.9 Å². The number of nitrogens with one attached hydrogen (secondary N) is 3. The van der Waals surface area contributed by atoms with Gasteiger partial charge in [-0.2, -0.15) is 0 Å². The lowest BCUT2D eigenvalue weighted by Gasteiger charge is -2.25. The number of benzene rings is 2. The first-order valence-electron chi connectivity index (χ1n) is 14.0. The van der Waals surface area contributed by atoms with Gasteiger partial charge >= 0.3 is 5.97 Å². The largest absolute Gasteiger partial charge is 0.480 e. The summed E-state index contributed by atoms with van der Waals surface area (Å²) in [6.45, 7) is 0. The lowest BCUT2D eigenvalue weighted by molar-refractivity contribution is -0.139. The molecule has 12 nitrogen and oxygen atoms in total. The molecule has 4 N–H and O–H groups in total. The first-order chi connectivity index (χ1) is 20.5. The summed E-state index contributed by atoms with van der Waals surface area (Å²) < 4.78 is 7.61. The van der Waals surface area contributed by atoms with Crippen LogP contribution in [-0.2, 0) is 11.2 Å². The second-order valence-corrected chi connectivity index (χ2v) is 10.7. The smallest absolute Gasteiger partial charge is 0.326 e. The molecule has 4 heterocycles. The number of rotatable bonds is 8. The highest BCUT2D eigenvalue weighted by atomic mass is 16.4. The van der Waals surface area contributed by atoms with Gasteiger partial charge in [0.15, 0.2) is 5.82 Å². The van der Waals surface area contributed by atoms with Crippen molar-refractivity contribution in [2.75, 3.05) is 0 Å². The third kappa shape index (κ3) is 4.70. The Balaban J connectivity index is 1.16. The zero-order valence-corrected chi connectivity index (χ0v) is 22.6. The molecule has 1 aliphatic rings. The molecule has 0 aliphatic heterocycles. The van der Waals surface area contributed by atoms with Crippen LogP contribution in [0.25, 0.3) is 44.7 Å². The van der Waals surface area contributed by atoms with Gasteiger partial charge in [0.25, 0.3) is 5.91 Å². The molecule has 42 heavy (non-hydrogen) atoms. The average molecular weight is 565 g/mol. The van der Waals surface area contributed by atoms with Crippen molar-refractivity contribution in [3.63, 3.8) is 0 Å². The van der Waals surface area contributed by atoms with E-state index in [0.717, 1.165) is 51.8 Å². The number of fused-ring (bicyclic) bond motifs is 2. The van der Waals surface area contributed by atoms with Gasteiger partial charge in [-0.15, -0.1) is 5.10 Å². The molecule has 6 aromatic rings. The molecule has 7 rings (SSSR count). The maximum Gasteiger partial charge on any atom is 0.326 e. The van der Waals surface area contributed by atoms with Crippen LogP contribution in [0.5, 0.6) is 0 Å². The first kappa shape index (κ1) is 25.7. The lowest BCUT2D eigenvalue weighted by Crippen LogP contribution is -2.42. The molecule has 2 aromatic carbocycles. The number of carboxylic acid groups (broad SMARTS) is 1. The Kier molecular flexibility index (Phi) is 6.49. The van der Waals surface area contributed by atoms with E-state index in [1.807, 2.05) is 30.3 Å². The van der Waals surface area contributed by atoms with Gasteiger partial charge in [0.2, 0.25) is 0 Å². The minimum atomic E-state index is -1.15. The van der Waals surface area contributed by atoms with Crippen molar-refractivity contribution in [2.45, 2.75) is 50.6 Å². The molecule has 0 unspecified atom stereocenters. The number of aliphatic carboxylic acids is 1. The summed E-state index contributed by atoms with van der Waals surface area (Å²) in [5.74, 6) is -0.288. The monoisotopic (exact) mass is 564 g/mol. The van der Waals surface area contributed by atoms with Gasteiger partial charge < -0.3 is 24.4 Å². The number of tetrazole rings is 1. The van der Waals surface area contributed by atoms with E-state index in [4.69, 9.17) is 9.40 Å². The maximum atomic E-state index is 13.4. The number of aromatic amines is 2. The van der Waals surface area contributed by atoms with Crippen molar-refractivity contribution >= 4 is 33.8 Å². The molecule has 1 atom stereocenters. The van der Waals surface area contributed by atoms with Crippen LogP contribution in [0.15, 0.2) is 65.6 Å². The molecule has 1 fully saturated rings. The zero-order chi connectivity index (χ0) is 28.6. The predicted octanol–water partition coefficient (Wildman–Crippen LogP) is 4.89. The molecule has 212 valence electrons. The summed E-state index contributed by atoms with van der Waals surface area (Å²) in [4.78, 5) is 33.7. The van der Waals surface area contributed by atoms with Gasteiger partial charge in [-0.3, -0.25) is 4.79 Å². The Morgan fingerprint density at radius 2 is 1.98 bits per heavy atom. The quantitative estimate of drug-likeness (QED) is 0.203. The number of nitrogens with zero attached hydrogens (tertiary/aromatic N) is 5. The number of aromatic nitrogens is 7. The fourth-order valence-corrected chi connectivity index (χ4v) is 5.98. The highest BCUT2D eigenvalue weighted by Crippen LogP contribution is 2.36. The number of carbonyl (C=O) groups is 2. The third-order valence-electron chi connectivity index (χ3n) is 8.08. The number of hydrogen-bond acceptors (Lipinski definition) is 7. The summed E-state index contributed by atoms with van der Waals surface area (Å²) in [5.41, 5.74) is 5.21. The molecule has 0 saturated heterocycles. The number of carbonyl (C=O) groups excluding carboxylic acids is 1. The molecule has 12 heteroatoms. The van der Waals surface area contributed by atoms with Crippen LogP contribution in [0.2, 0.25) is 0 Å². The zero-order valence-electron chi connectivity index (χ0n) is 22.6. The number of imidazole rings is 1. The Morgan fingerprint density at radius 3 is 2.74 bits per heavy atom. The number of carboxylic acids is 1. The molecule has 1 amide bonds. The average Bonchev–Trinajstić information content (AvgIpc) is 3.83. The standard InChI is InChI=1S/C30H28N8O4/c39-29(33-25(30(40)41)14-20-15-31-23-8-6-17(12-22(20)23)27-34-36-37-35-27)18-7-9-26-24(13-18)32-28(19-10-11-42-16-19)38(26)21-4-2-1-3-5-21/h6-13,15-16,21,25,31H,1-5,14H2,(H,33,39)(H,40,41)(H,34,35,36,37)/t25-/m0/s1. The van der Waals surface area contributed by atoms with E-state index in [9.17, 15) is 14.7 Å². The molecule has 4 aromatic heterocycles. The normalized spacial score (nSPS) is 14.9. The fraction of sp³-hybridized carbons (Fsp3) is 0.267. The van der Waals surface area contributed by atoms with Crippen molar-refractivity contribution in [3.05, 3.63) is 72.3 Å². The van der Waals surface area contributed by atoms with Crippen LogP contribution in [-0.4, -0.2) is 58.2 Å². The maximum absolute atomic E-state index is 13.4. The third-order valence-corrected chi connectivity index (χ3v) is 8.08. The summed E-state index contributed by atoms with van der Waals surface area (Å²) in [6.07, 6.45) is 10.9. The Bertz CT molecular complexity index is 1880. The highest BCUT2D eigenvalue weighted by molar-refractivity contribution is 6.00. The summed E-state index contributed by atoms with van der Waals surface area (Å²) in [7, 11) is 0.